The SMILES string of the molecule is COc1ccc(-c2noc(COC(=O)COc3cccc(F)c3)n2)c(OC)c1. The van der Waals surface area contributed by atoms with Gasteiger partial charge in [-0.1, -0.05) is 11.2 Å². The van der Waals surface area contributed by atoms with Crippen LogP contribution in [0.2, 0.25) is 0 Å². The minimum absolute atomic E-state index is 0.104. The molecule has 28 heavy (non-hydrogen) atoms. The molecule has 0 spiro atoms. The molecule has 146 valence electrons. The van der Waals surface area contributed by atoms with Gasteiger partial charge in [0.15, 0.2) is 13.2 Å². The number of carbonyl (C=O) groups excluding carboxylic acids is 1. The van der Waals surface area contributed by atoms with E-state index < -0.39 is 11.8 Å². The molecule has 0 unspecified atom stereocenters. The van der Waals surface area contributed by atoms with Crippen LogP contribution in [0.4, 0.5) is 4.39 Å². The van der Waals surface area contributed by atoms with Crippen LogP contribution in [0.3, 0.4) is 0 Å². The van der Waals surface area contributed by atoms with Crippen LogP contribution in [-0.4, -0.2) is 36.9 Å². The summed E-state index contributed by atoms with van der Waals surface area (Å²) in [7, 11) is 3.06. The molecule has 0 bridgehead atoms. The zero-order valence-electron chi connectivity index (χ0n) is 15.2. The number of halogens is 1. The second-order valence-electron chi connectivity index (χ2n) is 5.48. The number of methoxy groups -OCH3 is 2. The van der Waals surface area contributed by atoms with E-state index in [-0.39, 0.29) is 30.7 Å². The predicted octanol–water partition coefficient (Wildman–Crippen LogP) is 3.02. The molecule has 0 saturated carbocycles. The van der Waals surface area contributed by atoms with Gasteiger partial charge in [0, 0.05) is 12.1 Å². The Labute approximate surface area is 159 Å². The lowest BCUT2D eigenvalue weighted by Gasteiger charge is -2.07. The topological polar surface area (TPSA) is 92.9 Å². The van der Waals surface area contributed by atoms with Crippen molar-refractivity contribution in [1.29, 1.82) is 0 Å². The molecule has 8 nitrogen and oxygen atoms in total. The van der Waals surface area contributed by atoms with Crippen LogP contribution >= 0.6 is 0 Å². The highest BCUT2D eigenvalue weighted by Gasteiger charge is 2.15. The van der Waals surface area contributed by atoms with E-state index in [9.17, 15) is 9.18 Å². The summed E-state index contributed by atoms with van der Waals surface area (Å²) >= 11 is 0. The van der Waals surface area contributed by atoms with E-state index in [0.717, 1.165) is 0 Å². The van der Waals surface area contributed by atoms with Crippen molar-refractivity contribution in [1.82, 2.24) is 10.1 Å². The van der Waals surface area contributed by atoms with Gasteiger partial charge in [-0.3, -0.25) is 0 Å². The van der Waals surface area contributed by atoms with Crippen molar-refractivity contribution in [2.24, 2.45) is 0 Å². The third kappa shape index (κ3) is 4.76. The third-order valence-electron chi connectivity index (χ3n) is 3.63. The van der Waals surface area contributed by atoms with Crippen LogP contribution in [0, 0.1) is 5.82 Å². The van der Waals surface area contributed by atoms with Gasteiger partial charge in [0.1, 0.15) is 23.1 Å². The van der Waals surface area contributed by atoms with E-state index in [0.29, 0.717) is 17.1 Å². The Kier molecular flexibility index (Phi) is 6.05. The molecule has 0 atom stereocenters. The molecule has 0 radical (unpaired) electrons. The quantitative estimate of drug-likeness (QED) is 0.544. The summed E-state index contributed by atoms with van der Waals surface area (Å²) in [6.45, 7) is -0.604. The maximum atomic E-state index is 13.1. The van der Waals surface area contributed by atoms with Crippen LogP contribution in [0.1, 0.15) is 5.89 Å². The second-order valence-corrected chi connectivity index (χ2v) is 5.48. The molecule has 0 aliphatic heterocycles. The first kappa shape index (κ1) is 19.2. The van der Waals surface area contributed by atoms with E-state index >= 15 is 0 Å². The summed E-state index contributed by atoms with van der Waals surface area (Å²) in [6.07, 6.45) is 0. The molecule has 0 aliphatic rings. The van der Waals surface area contributed by atoms with E-state index in [1.54, 1.807) is 25.3 Å². The first-order chi connectivity index (χ1) is 13.6. The molecule has 0 fully saturated rings. The van der Waals surface area contributed by atoms with E-state index in [1.165, 1.54) is 31.4 Å². The molecule has 3 aromatic rings. The highest BCUT2D eigenvalue weighted by atomic mass is 19.1. The minimum atomic E-state index is -0.661. The van der Waals surface area contributed by atoms with Gasteiger partial charge in [-0.25, -0.2) is 9.18 Å². The van der Waals surface area contributed by atoms with Crippen LogP contribution < -0.4 is 14.2 Å². The Balaban J connectivity index is 1.57. The van der Waals surface area contributed by atoms with Crippen molar-refractivity contribution >= 4 is 5.97 Å². The summed E-state index contributed by atoms with van der Waals surface area (Å²) < 4.78 is 38.8. The lowest BCUT2D eigenvalue weighted by Crippen LogP contribution is -2.14. The van der Waals surface area contributed by atoms with Crippen molar-refractivity contribution in [3.63, 3.8) is 0 Å². The normalized spacial score (nSPS) is 10.4. The summed E-state index contributed by atoms with van der Waals surface area (Å²) in [5, 5.41) is 3.86. The number of esters is 1. The van der Waals surface area contributed by atoms with Crippen molar-refractivity contribution in [3.8, 4) is 28.6 Å². The number of ether oxygens (including phenoxy) is 4. The fourth-order valence-electron chi connectivity index (χ4n) is 2.29. The molecule has 0 N–H and O–H groups in total. The molecular formula is C19H17FN2O6. The number of carbonyl (C=O) groups is 1. The number of nitrogens with zero attached hydrogens (tertiary/aromatic N) is 2. The summed E-state index contributed by atoms with van der Waals surface area (Å²) in [5.41, 5.74) is 0.596. The summed E-state index contributed by atoms with van der Waals surface area (Å²) in [4.78, 5) is 15.9. The highest BCUT2D eigenvalue weighted by molar-refractivity contribution is 5.71. The Bertz CT molecular complexity index is 959. The predicted molar refractivity (Wildman–Crippen MR) is 94.5 cm³/mol. The molecule has 1 aromatic heterocycles. The molecule has 2 aromatic carbocycles. The molecule has 1 heterocycles. The molecule has 0 aliphatic carbocycles. The van der Waals surface area contributed by atoms with Crippen molar-refractivity contribution in [2.45, 2.75) is 6.61 Å². The average Bonchev–Trinajstić information content (AvgIpc) is 3.19. The van der Waals surface area contributed by atoms with Gasteiger partial charge >= 0.3 is 5.97 Å². The zero-order valence-corrected chi connectivity index (χ0v) is 15.2. The third-order valence-corrected chi connectivity index (χ3v) is 3.63. The van der Waals surface area contributed by atoms with E-state index in [2.05, 4.69) is 10.1 Å². The van der Waals surface area contributed by atoms with Gasteiger partial charge in [-0.2, -0.15) is 4.98 Å². The second kappa shape index (κ2) is 8.85. The van der Waals surface area contributed by atoms with Crippen LogP contribution in [0.5, 0.6) is 17.2 Å². The smallest absolute Gasteiger partial charge is 0.344 e. The Morgan fingerprint density at radius 1 is 1.11 bits per heavy atom. The summed E-state index contributed by atoms with van der Waals surface area (Å²) in [6, 6.07) is 10.6. The van der Waals surface area contributed by atoms with E-state index in [1.807, 2.05) is 0 Å². The minimum Gasteiger partial charge on any atom is -0.497 e. The van der Waals surface area contributed by atoms with Gasteiger partial charge in [-0.15, -0.1) is 0 Å². The van der Waals surface area contributed by atoms with Gasteiger partial charge in [0.05, 0.1) is 19.8 Å². The fourth-order valence-corrected chi connectivity index (χ4v) is 2.29. The number of hydrogen-bond donors (Lipinski definition) is 0. The number of benzene rings is 2. The Morgan fingerprint density at radius 2 is 1.96 bits per heavy atom. The molecule has 0 amide bonds. The summed E-state index contributed by atoms with van der Waals surface area (Å²) in [5.74, 6) is 0.616. The monoisotopic (exact) mass is 388 g/mol. The van der Waals surface area contributed by atoms with E-state index in [4.69, 9.17) is 23.5 Å². The van der Waals surface area contributed by atoms with Crippen LogP contribution in [-0.2, 0) is 16.1 Å². The molecule has 0 saturated heterocycles. The molecular weight excluding hydrogens is 371 g/mol. The van der Waals surface area contributed by atoms with Gasteiger partial charge in [0.2, 0.25) is 5.82 Å². The standard InChI is InChI=1S/C19H17FN2O6/c1-24-13-6-7-15(16(9-13)25-2)19-21-17(28-22-19)10-27-18(23)11-26-14-5-3-4-12(20)8-14/h3-9H,10-11H2,1-2H3. The van der Waals surface area contributed by atoms with Gasteiger partial charge in [0.25, 0.3) is 5.89 Å². The van der Waals surface area contributed by atoms with Gasteiger partial charge in [-0.05, 0) is 24.3 Å². The average molecular weight is 388 g/mol. The highest BCUT2D eigenvalue weighted by Crippen LogP contribution is 2.31. The van der Waals surface area contributed by atoms with Crippen molar-refractivity contribution < 1.29 is 32.7 Å². The maximum absolute atomic E-state index is 13.1. The Hall–Kier alpha value is -3.62. The number of hydrogen-bond acceptors (Lipinski definition) is 8. The first-order valence-electron chi connectivity index (χ1n) is 8.18. The Morgan fingerprint density at radius 3 is 2.71 bits per heavy atom. The van der Waals surface area contributed by atoms with Crippen molar-refractivity contribution in [3.05, 3.63) is 54.2 Å². The zero-order chi connectivity index (χ0) is 19.9. The maximum Gasteiger partial charge on any atom is 0.344 e. The number of aromatic nitrogens is 2. The fraction of sp³-hybridized carbons (Fsp3) is 0.211. The van der Waals surface area contributed by atoms with Crippen LogP contribution in [0.25, 0.3) is 11.4 Å². The van der Waals surface area contributed by atoms with Crippen LogP contribution in [0.15, 0.2) is 47.0 Å². The lowest BCUT2D eigenvalue weighted by atomic mass is 10.2. The molecule has 9 heteroatoms. The molecule has 3 rings (SSSR count). The number of rotatable bonds is 8. The largest absolute Gasteiger partial charge is 0.497 e. The lowest BCUT2D eigenvalue weighted by molar-refractivity contribution is -0.148. The van der Waals surface area contributed by atoms with Crippen molar-refractivity contribution in [2.75, 3.05) is 20.8 Å². The first-order valence-corrected chi connectivity index (χ1v) is 8.18. The van der Waals surface area contributed by atoms with Gasteiger partial charge < -0.3 is 23.5 Å².